The van der Waals surface area contributed by atoms with Gasteiger partial charge in [-0.2, -0.15) is 0 Å². The molecule has 1 aromatic rings. The second-order valence-corrected chi connectivity index (χ2v) is 6.74. The number of hydrogen-bond acceptors (Lipinski definition) is 2. The van der Waals surface area contributed by atoms with Gasteiger partial charge in [0.15, 0.2) is 0 Å². The highest BCUT2D eigenvalue weighted by Gasteiger charge is 2.24. The predicted molar refractivity (Wildman–Crippen MR) is 91.9 cm³/mol. The molecular formula is C18H27ClN2O. The minimum Gasteiger partial charge on any atom is -0.339 e. The first-order valence-electron chi connectivity index (χ1n) is 8.33. The Labute approximate surface area is 139 Å². The minimum absolute atomic E-state index is 0.258. The van der Waals surface area contributed by atoms with Crippen LogP contribution in [0.15, 0.2) is 24.3 Å². The number of carbonyl (C=O) groups is 1. The highest BCUT2D eigenvalue weighted by Crippen LogP contribution is 2.25. The first kappa shape index (κ1) is 17.3. The molecule has 4 heteroatoms. The van der Waals surface area contributed by atoms with E-state index >= 15 is 0 Å². The minimum atomic E-state index is 0.258. The lowest BCUT2D eigenvalue weighted by Crippen LogP contribution is -2.35. The van der Waals surface area contributed by atoms with Gasteiger partial charge in [-0.25, -0.2) is 0 Å². The Hall–Kier alpha value is -1.06. The van der Waals surface area contributed by atoms with E-state index in [1.165, 1.54) is 12.8 Å². The molecule has 0 aliphatic carbocycles. The van der Waals surface area contributed by atoms with Crippen molar-refractivity contribution in [3.05, 3.63) is 34.9 Å². The third kappa shape index (κ3) is 4.99. The summed E-state index contributed by atoms with van der Waals surface area (Å²) in [5.74, 6) is 1.39. The van der Waals surface area contributed by atoms with Crippen LogP contribution >= 0.6 is 11.6 Å². The predicted octanol–water partition coefficient (Wildman–Crippen LogP) is 3.71. The van der Waals surface area contributed by atoms with Crippen LogP contribution in [0.2, 0.25) is 5.02 Å². The van der Waals surface area contributed by atoms with E-state index in [0.717, 1.165) is 30.2 Å². The molecule has 2 rings (SSSR count). The van der Waals surface area contributed by atoms with Crippen molar-refractivity contribution in [1.29, 1.82) is 0 Å². The lowest BCUT2D eigenvalue weighted by Gasteiger charge is -2.30. The van der Waals surface area contributed by atoms with E-state index in [1.807, 2.05) is 36.1 Å². The number of carbonyl (C=O) groups excluding carboxylic acids is 1. The van der Waals surface area contributed by atoms with E-state index in [9.17, 15) is 4.79 Å². The number of hydrogen-bond donors (Lipinski definition) is 1. The van der Waals surface area contributed by atoms with Crippen LogP contribution in [0.3, 0.4) is 0 Å². The van der Waals surface area contributed by atoms with Gasteiger partial charge in [-0.05, 0) is 62.4 Å². The SMILES string of the molecule is CCN(Cc1cccc(Cl)c1)C(=O)CC(C)C1CCNCC1. The first-order chi connectivity index (χ1) is 10.6. The van der Waals surface area contributed by atoms with Gasteiger partial charge in [0.1, 0.15) is 0 Å². The highest BCUT2D eigenvalue weighted by atomic mass is 35.5. The first-order valence-corrected chi connectivity index (χ1v) is 8.71. The third-order valence-corrected chi connectivity index (χ3v) is 4.92. The van der Waals surface area contributed by atoms with Crippen LogP contribution in [0.25, 0.3) is 0 Å². The summed E-state index contributed by atoms with van der Waals surface area (Å²) in [6.45, 7) is 7.82. The Bertz CT molecular complexity index is 486. The summed E-state index contributed by atoms with van der Waals surface area (Å²) in [4.78, 5) is 14.5. The summed E-state index contributed by atoms with van der Waals surface area (Å²) in [6, 6.07) is 7.77. The number of rotatable bonds is 6. The summed E-state index contributed by atoms with van der Waals surface area (Å²) in [5, 5.41) is 4.11. The fourth-order valence-corrected chi connectivity index (χ4v) is 3.43. The van der Waals surface area contributed by atoms with Gasteiger partial charge < -0.3 is 10.2 Å². The summed E-state index contributed by atoms with van der Waals surface area (Å²) < 4.78 is 0. The molecule has 1 fully saturated rings. The zero-order valence-electron chi connectivity index (χ0n) is 13.6. The molecule has 0 aromatic heterocycles. The fraction of sp³-hybridized carbons (Fsp3) is 0.611. The molecule has 1 unspecified atom stereocenters. The normalized spacial score (nSPS) is 17.2. The summed E-state index contributed by atoms with van der Waals surface area (Å²) in [6.07, 6.45) is 3.03. The molecule has 0 radical (unpaired) electrons. The van der Waals surface area contributed by atoms with Gasteiger partial charge in [0.2, 0.25) is 5.91 Å². The smallest absolute Gasteiger partial charge is 0.223 e. The van der Waals surface area contributed by atoms with E-state index < -0.39 is 0 Å². The molecular weight excluding hydrogens is 296 g/mol. The number of halogens is 1. The molecule has 0 spiro atoms. The topological polar surface area (TPSA) is 32.3 Å². The van der Waals surface area contributed by atoms with Crippen molar-refractivity contribution in [2.75, 3.05) is 19.6 Å². The van der Waals surface area contributed by atoms with Gasteiger partial charge in [0.25, 0.3) is 0 Å². The van der Waals surface area contributed by atoms with Gasteiger partial charge in [0, 0.05) is 24.5 Å². The van der Waals surface area contributed by atoms with Gasteiger partial charge in [0.05, 0.1) is 0 Å². The zero-order chi connectivity index (χ0) is 15.9. The Morgan fingerprint density at radius 2 is 2.14 bits per heavy atom. The number of amides is 1. The maximum atomic E-state index is 12.6. The van der Waals surface area contributed by atoms with Crippen LogP contribution in [0.5, 0.6) is 0 Å². The quantitative estimate of drug-likeness (QED) is 0.865. The van der Waals surface area contributed by atoms with E-state index in [-0.39, 0.29) is 5.91 Å². The molecule has 3 nitrogen and oxygen atoms in total. The molecule has 1 amide bonds. The Morgan fingerprint density at radius 1 is 1.41 bits per heavy atom. The standard InChI is InChI=1S/C18H27ClN2O/c1-3-21(13-15-5-4-6-17(19)12-15)18(22)11-14(2)16-7-9-20-10-8-16/h4-6,12,14,16,20H,3,7-11,13H2,1-2H3. The third-order valence-electron chi connectivity index (χ3n) is 4.68. The fourth-order valence-electron chi connectivity index (χ4n) is 3.22. The molecule has 1 aromatic carbocycles. The molecule has 0 saturated carbocycles. The highest BCUT2D eigenvalue weighted by molar-refractivity contribution is 6.30. The van der Waals surface area contributed by atoms with Gasteiger partial charge in [-0.3, -0.25) is 4.79 Å². The van der Waals surface area contributed by atoms with Crippen molar-refractivity contribution in [2.45, 2.75) is 39.7 Å². The van der Waals surface area contributed by atoms with Gasteiger partial charge in [-0.15, -0.1) is 0 Å². The molecule has 1 atom stereocenters. The van der Waals surface area contributed by atoms with Crippen LogP contribution in [0, 0.1) is 11.8 Å². The Morgan fingerprint density at radius 3 is 2.77 bits per heavy atom. The molecule has 1 aliphatic rings. The van der Waals surface area contributed by atoms with Crippen molar-refractivity contribution in [3.63, 3.8) is 0 Å². The zero-order valence-corrected chi connectivity index (χ0v) is 14.4. The number of nitrogens with one attached hydrogen (secondary N) is 1. The van der Waals surface area contributed by atoms with Crippen LogP contribution in [-0.4, -0.2) is 30.4 Å². The largest absolute Gasteiger partial charge is 0.339 e. The average Bonchev–Trinajstić information content (AvgIpc) is 2.53. The van der Waals surface area contributed by atoms with Crippen LogP contribution in [0.1, 0.15) is 38.7 Å². The van der Waals surface area contributed by atoms with Crippen molar-refractivity contribution >= 4 is 17.5 Å². The molecule has 0 bridgehead atoms. The number of benzene rings is 1. The molecule has 1 saturated heterocycles. The van der Waals surface area contributed by atoms with Crippen molar-refractivity contribution in [2.24, 2.45) is 11.8 Å². The second kappa shape index (κ2) is 8.54. The van der Waals surface area contributed by atoms with Crippen LogP contribution in [-0.2, 0) is 11.3 Å². The van der Waals surface area contributed by atoms with E-state index in [4.69, 9.17) is 11.6 Å². The van der Waals surface area contributed by atoms with Crippen LogP contribution < -0.4 is 5.32 Å². The van der Waals surface area contributed by atoms with Crippen molar-refractivity contribution < 1.29 is 4.79 Å². The molecule has 122 valence electrons. The maximum absolute atomic E-state index is 12.6. The van der Waals surface area contributed by atoms with Crippen molar-refractivity contribution in [3.8, 4) is 0 Å². The lowest BCUT2D eigenvalue weighted by molar-refractivity contribution is -0.133. The monoisotopic (exact) mass is 322 g/mol. The lowest BCUT2D eigenvalue weighted by atomic mass is 9.84. The molecule has 22 heavy (non-hydrogen) atoms. The van der Waals surface area contributed by atoms with Crippen LogP contribution in [0.4, 0.5) is 0 Å². The molecule has 1 aliphatic heterocycles. The average molecular weight is 323 g/mol. The summed E-state index contributed by atoms with van der Waals surface area (Å²) >= 11 is 6.03. The van der Waals surface area contributed by atoms with E-state index in [1.54, 1.807) is 0 Å². The van der Waals surface area contributed by atoms with Gasteiger partial charge >= 0.3 is 0 Å². The van der Waals surface area contributed by atoms with Crippen molar-refractivity contribution in [1.82, 2.24) is 10.2 Å². The number of piperidine rings is 1. The maximum Gasteiger partial charge on any atom is 0.223 e. The Kier molecular flexibility index (Phi) is 6.71. The van der Waals surface area contributed by atoms with Gasteiger partial charge in [-0.1, -0.05) is 30.7 Å². The molecule has 1 heterocycles. The summed E-state index contributed by atoms with van der Waals surface area (Å²) in [5.41, 5.74) is 1.09. The van der Waals surface area contributed by atoms with E-state index in [2.05, 4.69) is 12.2 Å². The van der Waals surface area contributed by atoms with E-state index in [0.29, 0.717) is 24.8 Å². The second-order valence-electron chi connectivity index (χ2n) is 6.31. The summed E-state index contributed by atoms with van der Waals surface area (Å²) in [7, 11) is 0. The number of nitrogens with zero attached hydrogens (tertiary/aromatic N) is 1. The Balaban J connectivity index is 1.90. The molecule has 1 N–H and O–H groups in total.